The number of carbonyl (C=O) groups is 1. The lowest BCUT2D eigenvalue weighted by atomic mass is 10.1. The van der Waals surface area contributed by atoms with Crippen molar-refractivity contribution in [1.29, 1.82) is 0 Å². The van der Waals surface area contributed by atoms with E-state index in [9.17, 15) is 4.79 Å². The predicted octanol–water partition coefficient (Wildman–Crippen LogP) is 1.09. The number of amides is 1. The van der Waals surface area contributed by atoms with E-state index in [0.717, 1.165) is 5.57 Å². The first-order valence-corrected chi connectivity index (χ1v) is 8.71. The zero-order chi connectivity index (χ0) is 18.3. The van der Waals surface area contributed by atoms with E-state index >= 15 is 0 Å². The molecule has 10 heteroatoms. The molecule has 0 spiro atoms. The van der Waals surface area contributed by atoms with Gasteiger partial charge in [-0.15, -0.1) is 0 Å². The highest BCUT2D eigenvalue weighted by Crippen LogP contribution is 2.37. The van der Waals surface area contributed by atoms with E-state index in [-0.39, 0.29) is 24.3 Å². The minimum Gasteiger partial charge on any atom is -0.454 e. The molecule has 1 atom stereocenters. The second-order valence-corrected chi connectivity index (χ2v) is 6.86. The topological polar surface area (TPSA) is 131 Å². The molecule has 1 aliphatic carbocycles. The number of thioether (sulfide) groups is 1. The molecule has 2 aromatic heterocycles. The van der Waals surface area contributed by atoms with Gasteiger partial charge in [0.25, 0.3) is 0 Å². The highest BCUT2D eigenvalue weighted by molar-refractivity contribution is 8.00. The molecule has 1 amide bonds. The van der Waals surface area contributed by atoms with Crippen LogP contribution >= 0.6 is 11.8 Å². The summed E-state index contributed by atoms with van der Waals surface area (Å²) in [5.41, 5.74) is 13.1. The van der Waals surface area contributed by atoms with Gasteiger partial charge in [-0.25, -0.2) is 15.0 Å². The number of hydrogen-bond donors (Lipinski definition) is 2. The average molecular weight is 372 g/mol. The molecule has 0 aromatic carbocycles. The third kappa shape index (κ3) is 2.88. The molecular weight excluding hydrogens is 356 g/mol. The van der Waals surface area contributed by atoms with E-state index < -0.39 is 5.91 Å². The number of imidazole rings is 1. The van der Waals surface area contributed by atoms with Crippen LogP contribution in [0.4, 0.5) is 5.82 Å². The van der Waals surface area contributed by atoms with Crippen LogP contribution in [0.2, 0.25) is 0 Å². The Bertz CT molecular complexity index is 980. The van der Waals surface area contributed by atoms with Crippen molar-refractivity contribution in [3.05, 3.63) is 42.1 Å². The average Bonchev–Trinajstić information content (AvgIpc) is 3.18. The van der Waals surface area contributed by atoms with Crippen molar-refractivity contribution >= 4 is 34.7 Å². The number of carbonyl (C=O) groups excluding carboxylic acids is 1. The van der Waals surface area contributed by atoms with Crippen molar-refractivity contribution in [3.63, 3.8) is 0 Å². The summed E-state index contributed by atoms with van der Waals surface area (Å²) in [5, 5.41) is 0.543. The van der Waals surface area contributed by atoms with Gasteiger partial charge in [-0.3, -0.25) is 4.79 Å². The lowest BCUT2D eigenvalue weighted by molar-refractivity contribution is -0.118. The Morgan fingerprint density at radius 3 is 3.00 bits per heavy atom. The van der Waals surface area contributed by atoms with Crippen LogP contribution in [0.15, 0.2) is 47.3 Å². The van der Waals surface area contributed by atoms with Gasteiger partial charge in [0.2, 0.25) is 12.7 Å². The molecule has 1 unspecified atom stereocenters. The van der Waals surface area contributed by atoms with Gasteiger partial charge in [-0.2, -0.15) is 0 Å². The molecule has 0 radical (unpaired) electrons. The highest BCUT2D eigenvalue weighted by Gasteiger charge is 2.27. The van der Waals surface area contributed by atoms with Gasteiger partial charge < -0.3 is 25.5 Å². The number of rotatable bonds is 5. The van der Waals surface area contributed by atoms with E-state index in [4.69, 9.17) is 20.9 Å². The lowest BCUT2D eigenvalue weighted by Gasteiger charge is -2.18. The van der Waals surface area contributed by atoms with Crippen molar-refractivity contribution < 1.29 is 14.3 Å². The van der Waals surface area contributed by atoms with Gasteiger partial charge in [0.05, 0.1) is 5.25 Å². The van der Waals surface area contributed by atoms with Gasteiger partial charge in [0, 0.05) is 13.0 Å². The molecule has 0 saturated carbocycles. The summed E-state index contributed by atoms with van der Waals surface area (Å²) in [7, 11) is 0. The number of aromatic nitrogens is 4. The zero-order valence-corrected chi connectivity index (χ0v) is 14.5. The van der Waals surface area contributed by atoms with Crippen LogP contribution in [-0.4, -0.2) is 37.5 Å². The normalized spacial score (nSPS) is 18.8. The molecule has 2 aliphatic rings. The molecule has 4 rings (SSSR count). The second kappa shape index (κ2) is 6.37. The SMILES string of the molecule is C=C1C=C2OCOC2=CC1Sc1nc2c(N)ncnc2n1CCC(N)=O. The molecule has 9 nitrogen and oxygen atoms in total. The Kier molecular flexibility index (Phi) is 4.03. The monoisotopic (exact) mass is 372 g/mol. The molecule has 2 aromatic rings. The third-order valence-corrected chi connectivity index (χ3v) is 5.21. The summed E-state index contributed by atoms with van der Waals surface area (Å²) in [6.45, 7) is 4.63. The molecular formula is C16H16N6O3S. The summed E-state index contributed by atoms with van der Waals surface area (Å²) in [4.78, 5) is 24.0. The van der Waals surface area contributed by atoms with E-state index in [2.05, 4.69) is 21.5 Å². The summed E-state index contributed by atoms with van der Waals surface area (Å²) >= 11 is 1.45. The van der Waals surface area contributed by atoms with Crippen LogP contribution in [-0.2, 0) is 20.8 Å². The largest absolute Gasteiger partial charge is 0.454 e. The van der Waals surface area contributed by atoms with Crippen molar-refractivity contribution in [2.24, 2.45) is 5.73 Å². The molecule has 1 saturated heterocycles. The minimum atomic E-state index is -0.405. The molecule has 1 fully saturated rings. The van der Waals surface area contributed by atoms with Gasteiger partial charge in [-0.1, -0.05) is 18.3 Å². The minimum absolute atomic E-state index is 0.103. The quantitative estimate of drug-likeness (QED) is 0.797. The van der Waals surface area contributed by atoms with Crippen molar-refractivity contribution in [2.75, 3.05) is 12.5 Å². The number of nitrogen functional groups attached to an aromatic ring is 1. The number of ether oxygens (including phenoxy) is 2. The predicted molar refractivity (Wildman–Crippen MR) is 95.5 cm³/mol. The summed E-state index contributed by atoms with van der Waals surface area (Å²) < 4.78 is 12.6. The standard InChI is InChI=1S/C16H16N6O3S/c1-8-4-9-10(25-7-24-9)5-11(8)26-16-21-13-14(18)19-6-20-15(13)22(16)3-2-12(17)23/h4-6,11H,1-3,7H2,(H2,17,23)(H2,18,19,20). The second-order valence-electron chi connectivity index (χ2n) is 5.75. The Morgan fingerprint density at radius 1 is 1.38 bits per heavy atom. The van der Waals surface area contributed by atoms with Crippen LogP contribution in [0.1, 0.15) is 6.42 Å². The maximum atomic E-state index is 11.2. The van der Waals surface area contributed by atoms with Crippen molar-refractivity contribution in [3.8, 4) is 0 Å². The van der Waals surface area contributed by atoms with Crippen LogP contribution in [0.5, 0.6) is 0 Å². The maximum Gasteiger partial charge on any atom is 0.231 e. The lowest BCUT2D eigenvalue weighted by Crippen LogP contribution is -2.15. The Labute approximate surface area is 152 Å². The number of primary amides is 1. The van der Waals surface area contributed by atoms with Crippen LogP contribution in [0.3, 0.4) is 0 Å². The van der Waals surface area contributed by atoms with E-state index in [1.54, 1.807) is 0 Å². The number of nitrogens with two attached hydrogens (primary N) is 2. The van der Waals surface area contributed by atoms with Gasteiger partial charge in [0.1, 0.15) is 6.33 Å². The molecule has 0 bridgehead atoms. The van der Waals surface area contributed by atoms with Gasteiger partial charge >= 0.3 is 0 Å². The number of aryl methyl sites for hydroxylation is 1. The highest BCUT2D eigenvalue weighted by atomic mass is 32.2. The molecule has 4 N–H and O–H groups in total. The van der Waals surface area contributed by atoms with Crippen LogP contribution < -0.4 is 11.5 Å². The summed E-state index contributed by atoms with van der Waals surface area (Å²) in [6.07, 6.45) is 5.32. The summed E-state index contributed by atoms with van der Waals surface area (Å²) in [6, 6.07) is 0. The van der Waals surface area contributed by atoms with E-state index in [1.165, 1.54) is 18.1 Å². The first-order valence-electron chi connectivity index (χ1n) is 7.83. The van der Waals surface area contributed by atoms with Crippen LogP contribution in [0, 0.1) is 0 Å². The maximum absolute atomic E-state index is 11.2. The smallest absolute Gasteiger partial charge is 0.231 e. The number of anilines is 1. The summed E-state index contributed by atoms with van der Waals surface area (Å²) in [5.74, 6) is 1.25. The van der Waals surface area contributed by atoms with Gasteiger partial charge in [-0.05, 0) is 17.7 Å². The molecule has 134 valence electrons. The Hall–Kier alpha value is -3.01. The fourth-order valence-electron chi connectivity index (χ4n) is 2.71. The Balaban J connectivity index is 1.70. The first-order chi connectivity index (χ1) is 12.5. The van der Waals surface area contributed by atoms with Gasteiger partial charge in [0.15, 0.2) is 33.7 Å². The number of fused-ring (bicyclic) bond motifs is 2. The van der Waals surface area contributed by atoms with E-state index in [1.807, 2.05) is 16.7 Å². The molecule has 1 aliphatic heterocycles. The van der Waals surface area contributed by atoms with Crippen LogP contribution in [0.25, 0.3) is 11.2 Å². The third-order valence-electron chi connectivity index (χ3n) is 4.00. The van der Waals surface area contributed by atoms with Crippen molar-refractivity contribution in [2.45, 2.75) is 23.4 Å². The fourth-order valence-corrected chi connectivity index (χ4v) is 3.79. The first kappa shape index (κ1) is 16.5. The Morgan fingerprint density at radius 2 is 2.19 bits per heavy atom. The molecule has 26 heavy (non-hydrogen) atoms. The molecule has 3 heterocycles. The number of allylic oxidation sites excluding steroid dienone is 1. The van der Waals surface area contributed by atoms with E-state index in [0.29, 0.717) is 34.4 Å². The fraction of sp³-hybridized carbons (Fsp3) is 0.250. The zero-order valence-electron chi connectivity index (χ0n) is 13.7. The number of hydrogen-bond acceptors (Lipinski definition) is 8. The van der Waals surface area contributed by atoms with Crippen molar-refractivity contribution in [1.82, 2.24) is 19.5 Å². The number of nitrogens with zero attached hydrogens (tertiary/aromatic N) is 4.